The summed E-state index contributed by atoms with van der Waals surface area (Å²) >= 11 is 0. The second-order valence-corrected chi connectivity index (χ2v) is 4.90. The summed E-state index contributed by atoms with van der Waals surface area (Å²) in [5.41, 5.74) is 0. The van der Waals surface area contributed by atoms with E-state index in [1.807, 2.05) is 13.8 Å². The maximum absolute atomic E-state index is 11.6. The lowest BCUT2D eigenvalue weighted by molar-refractivity contribution is 0.434. The van der Waals surface area contributed by atoms with Gasteiger partial charge in [-0.05, 0) is 12.8 Å². The van der Waals surface area contributed by atoms with Gasteiger partial charge in [-0.15, -0.1) is 12.3 Å². The monoisotopic (exact) mass is 232 g/mol. The van der Waals surface area contributed by atoms with Crippen LogP contribution in [0.2, 0.25) is 0 Å². The van der Waals surface area contributed by atoms with Crippen molar-refractivity contribution in [2.75, 3.05) is 19.6 Å². The smallest absolute Gasteiger partial charge is 0.202 e. The first-order chi connectivity index (χ1) is 7.08. The molecule has 0 spiro atoms. The van der Waals surface area contributed by atoms with E-state index in [0.717, 1.165) is 12.8 Å². The van der Waals surface area contributed by atoms with E-state index >= 15 is 0 Å². The minimum Gasteiger partial charge on any atom is -0.202 e. The van der Waals surface area contributed by atoms with E-state index in [-0.39, 0.29) is 0 Å². The zero-order chi connectivity index (χ0) is 11.7. The molecule has 15 heavy (non-hydrogen) atoms. The van der Waals surface area contributed by atoms with Gasteiger partial charge in [0.05, 0.1) is 0 Å². The molecule has 0 rings (SSSR count). The number of nitrogens with zero attached hydrogens (tertiary/aromatic N) is 1. The minimum atomic E-state index is -3.28. The summed E-state index contributed by atoms with van der Waals surface area (Å²) in [6, 6.07) is 0. The van der Waals surface area contributed by atoms with E-state index in [1.54, 1.807) is 0 Å². The summed E-state index contributed by atoms with van der Waals surface area (Å²) < 4.78 is 27.1. The standard InChI is InChI=1S/C10H20N2O2S/c1-4-7-8-9-10-11-15(13,14)12(5-2)6-3/h1,11H,5-10H2,2-3H3. The molecule has 0 aromatic heterocycles. The average molecular weight is 232 g/mol. The van der Waals surface area contributed by atoms with Gasteiger partial charge in [-0.25, -0.2) is 4.72 Å². The second-order valence-electron chi connectivity index (χ2n) is 3.14. The summed E-state index contributed by atoms with van der Waals surface area (Å²) in [4.78, 5) is 0. The zero-order valence-corrected chi connectivity index (χ0v) is 10.3. The molecule has 0 aromatic carbocycles. The number of hydrogen-bond donors (Lipinski definition) is 1. The van der Waals surface area contributed by atoms with E-state index in [2.05, 4.69) is 10.6 Å². The van der Waals surface area contributed by atoms with Gasteiger partial charge in [0.25, 0.3) is 10.2 Å². The SMILES string of the molecule is C#CCCCCNS(=O)(=O)N(CC)CC. The van der Waals surface area contributed by atoms with Crippen molar-refractivity contribution in [2.45, 2.75) is 33.1 Å². The van der Waals surface area contributed by atoms with Crippen molar-refractivity contribution in [3.05, 3.63) is 0 Å². The Morgan fingerprint density at radius 2 is 1.87 bits per heavy atom. The lowest BCUT2D eigenvalue weighted by atomic mass is 10.2. The Morgan fingerprint density at radius 3 is 2.33 bits per heavy atom. The molecule has 0 fully saturated rings. The van der Waals surface area contributed by atoms with Gasteiger partial charge in [-0.2, -0.15) is 12.7 Å². The Balaban J connectivity index is 3.89. The van der Waals surface area contributed by atoms with Crippen LogP contribution in [-0.4, -0.2) is 32.4 Å². The van der Waals surface area contributed by atoms with Crippen molar-refractivity contribution in [2.24, 2.45) is 0 Å². The third kappa shape index (κ3) is 5.78. The van der Waals surface area contributed by atoms with Crippen molar-refractivity contribution in [1.82, 2.24) is 9.03 Å². The van der Waals surface area contributed by atoms with Crippen molar-refractivity contribution >= 4 is 10.2 Å². The summed E-state index contributed by atoms with van der Waals surface area (Å²) in [7, 11) is -3.28. The predicted octanol–water partition coefficient (Wildman–Crippen LogP) is 0.966. The third-order valence-corrected chi connectivity index (χ3v) is 3.84. The molecule has 0 aromatic rings. The second kappa shape index (κ2) is 7.69. The third-order valence-electron chi connectivity index (χ3n) is 2.08. The largest absolute Gasteiger partial charge is 0.279 e. The van der Waals surface area contributed by atoms with Gasteiger partial charge in [0, 0.05) is 26.1 Å². The Morgan fingerprint density at radius 1 is 1.27 bits per heavy atom. The molecule has 0 heterocycles. The molecule has 0 aliphatic heterocycles. The maximum Gasteiger partial charge on any atom is 0.279 e. The van der Waals surface area contributed by atoms with Crippen molar-refractivity contribution in [3.8, 4) is 12.3 Å². The minimum absolute atomic E-state index is 0.459. The summed E-state index contributed by atoms with van der Waals surface area (Å²) in [6.07, 6.45) is 7.43. The molecule has 0 saturated carbocycles. The molecule has 0 unspecified atom stereocenters. The fraction of sp³-hybridized carbons (Fsp3) is 0.800. The Bertz CT molecular complexity index is 289. The van der Waals surface area contributed by atoms with E-state index < -0.39 is 10.2 Å². The van der Waals surface area contributed by atoms with Gasteiger partial charge >= 0.3 is 0 Å². The highest BCUT2D eigenvalue weighted by atomic mass is 32.2. The van der Waals surface area contributed by atoms with E-state index in [4.69, 9.17) is 6.42 Å². The van der Waals surface area contributed by atoms with E-state index in [0.29, 0.717) is 26.1 Å². The van der Waals surface area contributed by atoms with Crippen LogP contribution < -0.4 is 4.72 Å². The first kappa shape index (κ1) is 14.4. The van der Waals surface area contributed by atoms with Crippen LogP contribution in [0, 0.1) is 12.3 Å². The van der Waals surface area contributed by atoms with Gasteiger partial charge in [0.2, 0.25) is 0 Å². The average Bonchev–Trinajstić information content (AvgIpc) is 2.18. The molecule has 0 atom stereocenters. The van der Waals surface area contributed by atoms with Gasteiger partial charge in [-0.3, -0.25) is 0 Å². The first-order valence-electron chi connectivity index (χ1n) is 5.26. The molecule has 0 bridgehead atoms. The molecule has 0 amide bonds. The molecule has 5 heteroatoms. The normalized spacial score (nSPS) is 11.6. The molecule has 1 N–H and O–H groups in total. The van der Waals surface area contributed by atoms with Crippen LogP contribution in [0.1, 0.15) is 33.1 Å². The Labute approximate surface area is 93.2 Å². The molecule has 0 aliphatic rings. The van der Waals surface area contributed by atoms with Crippen LogP contribution in [0.25, 0.3) is 0 Å². The van der Waals surface area contributed by atoms with Gasteiger partial charge in [-0.1, -0.05) is 13.8 Å². The molecule has 0 aliphatic carbocycles. The molecular weight excluding hydrogens is 212 g/mol. The fourth-order valence-corrected chi connectivity index (χ4v) is 2.47. The van der Waals surface area contributed by atoms with E-state index in [1.165, 1.54) is 4.31 Å². The zero-order valence-electron chi connectivity index (χ0n) is 9.49. The Kier molecular flexibility index (Phi) is 7.39. The predicted molar refractivity (Wildman–Crippen MR) is 62.5 cm³/mol. The molecule has 4 nitrogen and oxygen atoms in total. The van der Waals surface area contributed by atoms with Crippen molar-refractivity contribution < 1.29 is 8.42 Å². The number of unbranched alkanes of at least 4 members (excludes halogenated alkanes) is 2. The van der Waals surface area contributed by atoms with Crippen LogP contribution >= 0.6 is 0 Å². The van der Waals surface area contributed by atoms with Gasteiger partial charge in [0.1, 0.15) is 0 Å². The number of terminal acetylenes is 1. The van der Waals surface area contributed by atoms with Crippen LogP contribution in [-0.2, 0) is 10.2 Å². The lowest BCUT2D eigenvalue weighted by Crippen LogP contribution is -2.40. The maximum atomic E-state index is 11.6. The van der Waals surface area contributed by atoms with Crippen LogP contribution in [0.5, 0.6) is 0 Å². The molecule has 88 valence electrons. The molecule has 0 saturated heterocycles. The fourth-order valence-electron chi connectivity index (χ4n) is 1.21. The van der Waals surface area contributed by atoms with Crippen LogP contribution in [0.3, 0.4) is 0 Å². The molecule has 0 radical (unpaired) electrons. The Hall–Kier alpha value is -0.570. The van der Waals surface area contributed by atoms with E-state index in [9.17, 15) is 8.42 Å². The summed E-state index contributed by atoms with van der Waals surface area (Å²) in [5.74, 6) is 2.52. The van der Waals surface area contributed by atoms with Crippen molar-refractivity contribution in [3.63, 3.8) is 0 Å². The molecular formula is C10H20N2O2S. The highest BCUT2D eigenvalue weighted by molar-refractivity contribution is 7.87. The van der Waals surface area contributed by atoms with Crippen molar-refractivity contribution in [1.29, 1.82) is 0 Å². The number of rotatable bonds is 8. The quantitative estimate of drug-likeness (QED) is 0.501. The first-order valence-corrected chi connectivity index (χ1v) is 6.70. The summed E-state index contributed by atoms with van der Waals surface area (Å²) in [5, 5.41) is 0. The lowest BCUT2D eigenvalue weighted by Gasteiger charge is -2.18. The van der Waals surface area contributed by atoms with Crippen LogP contribution in [0.4, 0.5) is 0 Å². The van der Waals surface area contributed by atoms with Gasteiger partial charge < -0.3 is 0 Å². The van der Waals surface area contributed by atoms with Crippen LogP contribution in [0.15, 0.2) is 0 Å². The topological polar surface area (TPSA) is 49.4 Å². The van der Waals surface area contributed by atoms with Gasteiger partial charge in [0.15, 0.2) is 0 Å². The number of hydrogen-bond acceptors (Lipinski definition) is 2. The highest BCUT2D eigenvalue weighted by Crippen LogP contribution is 1.98. The summed E-state index contributed by atoms with van der Waals surface area (Å²) in [6.45, 7) is 5.09. The number of nitrogens with one attached hydrogen (secondary N) is 1. The highest BCUT2D eigenvalue weighted by Gasteiger charge is 2.16.